The number of nitrogens with one attached hydrogen (secondary N) is 1. The van der Waals surface area contributed by atoms with Crippen molar-refractivity contribution in [2.75, 3.05) is 53.6 Å². The Morgan fingerprint density at radius 2 is 0.902 bits per heavy atom. The number of ether oxygens (including phenoxy) is 13. The second kappa shape index (κ2) is 44.6. The largest absolute Gasteiger partial charge is 0.456 e. The standard InChI is InChI=1S/C65H112N2O25/c1-9-10-33-49(47(74)32-26-21-18-20-25-31-46(73)30-24-19-16-14-12-11-13-15-17-22-27-34-53(76)66-35-28-23-29-36-67(7)8)89-64-60(92-63-56(79)58(86-43(4)70)51(39-82-63)84-41(2)68)57(48(75)37-80-64)91-62-55(78)54(77)50(38-81-62)90-65-61(88-45(6)72)59(87-44(5)71)52(40-83-65)85-42(3)69/h47-52,54-65,74-75,77-79H,9-40H2,1-8H3,(H,66,76)/t47-,48+,49-,50+,51-,52-,54-,55+,56+,57-,58-,59-,60+,61+,62-,63-,64-,65-/m0/s1. The molecule has 0 radical (unpaired) electrons. The summed E-state index contributed by atoms with van der Waals surface area (Å²) >= 11 is 0. The fourth-order valence-electron chi connectivity index (χ4n) is 11.7. The summed E-state index contributed by atoms with van der Waals surface area (Å²) in [5, 5.41) is 61.2. The van der Waals surface area contributed by atoms with Crippen molar-refractivity contribution in [3.05, 3.63) is 0 Å². The Balaban J connectivity index is 1.28. The van der Waals surface area contributed by atoms with Crippen LogP contribution in [-0.4, -0.2) is 236 Å². The van der Waals surface area contributed by atoms with Crippen LogP contribution in [0.3, 0.4) is 0 Å². The molecular formula is C65H112N2O25. The summed E-state index contributed by atoms with van der Waals surface area (Å²) in [5.41, 5.74) is 0. The molecule has 27 nitrogen and oxygen atoms in total. The fraction of sp³-hybridized carbons (Fsp3) is 0.892. The summed E-state index contributed by atoms with van der Waals surface area (Å²) in [6.45, 7) is 7.49. The van der Waals surface area contributed by atoms with Gasteiger partial charge in [-0.05, 0) is 65.6 Å². The summed E-state index contributed by atoms with van der Waals surface area (Å²) in [5.74, 6) is -3.53. The van der Waals surface area contributed by atoms with Crippen molar-refractivity contribution in [2.24, 2.45) is 0 Å². The Bertz CT molecular complexity index is 2140. The maximum absolute atomic E-state index is 12.7. The number of carbonyl (C=O) groups excluding carboxylic acids is 7. The third-order valence-electron chi connectivity index (χ3n) is 16.6. The van der Waals surface area contributed by atoms with Gasteiger partial charge in [-0.25, -0.2) is 0 Å². The highest BCUT2D eigenvalue weighted by molar-refractivity contribution is 5.78. The molecule has 4 fully saturated rings. The zero-order valence-electron chi connectivity index (χ0n) is 55.9. The van der Waals surface area contributed by atoms with Crippen LogP contribution >= 0.6 is 0 Å². The predicted octanol–water partition coefficient (Wildman–Crippen LogP) is 4.82. The third kappa shape index (κ3) is 30.3. The summed E-state index contributed by atoms with van der Waals surface area (Å²) in [6.07, 6.45) is -3.69. The Kier molecular flexibility index (Phi) is 39.0. The van der Waals surface area contributed by atoms with Gasteiger partial charge in [0, 0.05) is 60.4 Å². The molecule has 18 atom stereocenters. The quantitative estimate of drug-likeness (QED) is 0.0270. The number of hydrogen-bond donors (Lipinski definition) is 6. The fourth-order valence-corrected chi connectivity index (χ4v) is 11.7. The first-order valence-electron chi connectivity index (χ1n) is 33.8. The zero-order valence-corrected chi connectivity index (χ0v) is 55.9. The Hall–Kier alpha value is -4.07. The van der Waals surface area contributed by atoms with E-state index >= 15 is 0 Å². The number of aliphatic hydroxyl groups excluding tert-OH is 5. The van der Waals surface area contributed by atoms with Crippen LogP contribution in [0.4, 0.5) is 0 Å². The summed E-state index contributed by atoms with van der Waals surface area (Å²) in [7, 11) is 4.15. The van der Waals surface area contributed by atoms with Gasteiger partial charge in [-0.1, -0.05) is 110 Å². The molecule has 0 bridgehead atoms. The maximum Gasteiger partial charge on any atom is 0.303 e. The van der Waals surface area contributed by atoms with Gasteiger partial charge < -0.3 is 97.3 Å². The summed E-state index contributed by atoms with van der Waals surface area (Å²) in [6, 6.07) is 0. The molecule has 6 N–H and O–H groups in total. The van der Waals surface area contributed by atoms with E-state index in [0.29, 0.717) is 44.9 Å². The molecule has 0 aromatic carbocycles. The number of Topliss-reactive ketones (excluding diaryl/α,β-unsaturated/α-hetero) is 1. The molecule has 4 saturated heterocycles. The number of nitrogens with zero attached hydrogens (tertiary/aromatic N) is 1. The number of carbonyl (C=O) groups is 7. The number of unbranched alkanes of at least 4 members (excludes halogenated alkanes) is 17. The highest BCUT2D eigenvalue weighted by Gasteiger charge is 2.54. The van der Waals surface area contributed by atoms with Crippen molar-refractivity contribution in [1.82, 2.24) is 10.2 Å². The lowest BCUT2D eigenvalue weighted by Gasteiger charge is -2.47. The van der Waals surface area contributed by atoms with E-state index in [2.05, 4.69) is 24.3 Å². The Labute approximate surface area is 543 Å². The van der Waals surface area contributed by atoms with Gasteiger partial charge in [0.15, 0.2) is 55.7 Å². The number of aliphatic hydroxyl groups is 5. The van der Waals surface area contributed by atoms with Crippen molar-refractivity contribution >= 4 is 41.5 Å². The van der Waals surface area contributed by atoms with Crippen LogP contribution < -0.4 is 5.32 Å². The van der Waals surface area contributed by atoms with Gasteiger partial charge in [0.2, 0.25) is 5.91 Å². The lowest BCUT2D eigenvalue weighted by Crippen LogP contribution is -2.65. The Morgan fingerprint density at radius 3 is 1.46 bits per heavy atom. The number of esters is 5. The molecule has 0 saturated carbocycles. The van der Waals surface area contributed by atoms with Crippen molar-refractivity contribution in [3.63, 3.8) is 0 Å². The highest BCUT2D eigenvalue weighted by Crippen LogP contribution is 2.35. The van der Waals surface area contributed by atoms with Crippen LogP contribution in [-0.2, 0) is 95.1 Å². The van der Waals surface area contributed by atoms with Gasteiger partial charge in [0.1, 0.15) is 48.5 Å². The average molecular weight is 1320 g/mol. The van der Waals surface area contributed by atoms with Crippen LogP contribution in [0.15, 0.2) is 0 Å². The van der Waals surface area contributed by atoms with E-state index in [1.807, 2.05) is 6.92 Å². The first-order valence-corrected chi connectivity index (χ1v) is 33.8. The van der Waals surface area contributed by atoms with Gasteiger partial charge >= 0.3 is 29.8 Å². The normalized spacial score (nSPS) is 29.0. The van der Waals surface area contributed by atoms with Gasteiger partial charge in [-0.2, -0.15) is 0 Å². The lowest BCUT2D eigenvalue weighted by molar-refractivity contribution is -0.379. The van der Waals surface area contributed by atoms with E-state index in [1.165, 1.54) is 38.5 Å². The smallest absolute Gasteiger partial charge is 0.303 e. The van der Waals surface area contributed by atoms with Crippen LogP contribution in [0.25, 0.3) is 0 Å². The predicted molar refractivity (Wildman–Crippen MR) is 329 cm³/mol. The zero-order chi connectivity index (χ0) is 67.5. The van der Waals surface area contributed by atoms with Crippen molar-refractivity contribution in [3.8, 4) is 0 Å². The van der Waals surface area contributed by atoms with Crippen LogP contribution in [0.1, 0.15) is 208 Å². The minimum atomic E-state index is -1.95. The van der Waals surface area contributed by atoms with Crippen LogP contribution in [0, 0.1) is 0 Å². The number of hydrogen-bond acceptors (Lipinski definition) is 26. The first-order chi connectivity index (χ1) is 44.0. The molecule has 0 aromatic heterocycles. The van der Waals surface area contributed by atoms with Gasteiger partial charge in [-0.3, -0.25) is 33.6 Å². The van der Waals surface area contributed by atoms with Gasteiger partial charge in [-0.15, -0.1) is 0 Å². The monoisotopic (exact) mass is 1320 g/mol. The SMILES string of the molecule is CCCC[C@H](O[C@@H]1OC[C@@H](O)[C@H](O[C@@H]2OC[C@@H](O[C@@H]3OC[C@H](OC(C)=O)[C@H](OC(C)=O)[C@H]3OC(C)=O)[C@H](O)[C@H]2O)[C@H]1O[C@@H]1OC[C@H](OC(C)=O)[C@H](OC(C)=O)[C@H]1O)[C@@H](O)CCCCCCCC(=O)CCCCCCCCCCCCCC(=O)NCCCCCN(C)C. The van der Waals surface area contributed by atoms with E-state index in [-0.39, 0.29) is 11.7 Å². The number of rotatable bonds is 45. The summed E-state index contributed by atoms with van der Waals surface area (Å²) < 4.78 is 75.4. The van der Waals surface area contributed by atoms with Crippen molar-refractivity contribution < 1.29 is 121 Å². The van der Waals surface area contributed by atoms with Crippen molar-refractivity contribution in [2.45, 2.75) is 319 Å². The van der Waals surface area contributed by atoms with E-state index in [9.17, 15) is 59.1 Å². The molecule has 0 aromatic rings. The summed E-state index contributed by atoms with van der Waals surface area (Å²) in [4.78, 5) is 87.6. The number of ketones is 1. The molecule has 92 heavy (non-hydrogen) atoms. The third-order valence-corrected chi connectivity index (χ3v) is 16.6. The van der Waals surface area contributed by atoms with Crippen molar-refractivity contribution in [1.29, 1.82) is 0 Å². The minimum absolute atomic E-state index is 0.172. The average Bonchev–Trinajstić information content (AvgIpc) is 0.844. The molecular weight excluding hydrogens is 1210 g/mol. The molecule has 0 aliphatic carbocycles. The topological polar surface area (TPSA) is 356 Å². The molecule has 1 amide bonds. The van der Waals surface area contributed by atoms with Gasteiger partial charge in [0.05, 0.1) is 38.6 Å². The Morgan fingerprint density at radius 1 is 0.446 bits per heavy atom. The van der Waals surface area contributed by atoms with E-state index in [4.69, 9.17) is 61.6 Å². The lowest BCUT2D eigenvalue weighted by atomic mass is 9.99. The van der Waals surface area contributed by atoms with E-state index in [1.54, 1.807) is 0 Å². The number of amides is 1. The molecule has 4 aliphatic heterocycles. The first kappa shape index (κ1) is 80.4. The second-order valence-electron chi connectivity index (χ2n) is 25.1. The van der Waals surface area contributed by atoms with Crippen LogP contribution in [0.5, 0.6) is 0 Å². The minimum Gasteiger partial charge on any atom is -0.456 e. The maximum atomic E-state index is 12.7. The molecule has 0 unspecified atom stereocenters. The van der Waals surface area contributed by atoms with E-state index < -0.39 is 167 Å². The van der Waals surface area contributed by atoms with Gasteiger partial charge in [0.25, 0.3) is 0 Å². The second-order valence-corrected chi connectivity index (χ2v) is 25.1. The van der Waals surface area contributed by atoms with E-state index in [0.717, 1.165) is 131 Å². The molecule has 4 aliphatic rings. The molecule has 0 spiro atoms. The van der Waals surface area contributed by atoms with Crippen LogP contribution in [0.2, 0.25) is 0 Å². The molecule has 27 heteroatoms. The molecule has 532 valence electrons. The molecule has 4 heterocycles. The highest BCUT2D eigenvalue weighted by atomic mass is 16.8. The molecule has 4 rings (SSSR count).